The molecule has 0 unspecified atom stereocenters. The van der Waals surface area contributed by atoms with Crippen molar-refractivity contribution in [3.63, 3.8) is 0 Å². The first-order valence-electron chi connectivity index (χ1n) is 8.79. The highest BCUT2D eigenvalue weighted by molar-refractivity contribution is 5.96. The number of methoxy groups -OCH3 is 1. The van der Waals surface area contributed by atoms with Gasteiger partial charge in [0.15, 0.2) is 0 Å². The predicted molar refractivity (Wildman–Crippen MR) is 101 cm³/mol. The molecule has 1 fully saturated rings. The molecule has 2 aromatic carbocycles. The summed E-state index contributed by atoms with van der Waals surface area (Å²) in [5, 5.41) is 0. The molecule has 1 amide bonds. The Morgan fingerprint density at radius 1 is 1.08 bits per heavy atom. The molecule has 0 atom stereocenters. The molecule has 3 rings (SSSR count). The lowest BCUT2D eigenvalue weighted by molar-refractivity contribution is 0.0712. The Balaban J connectivity index is 1.67. The number of amides is 1. The van der Waals surface area contributed by atoms with Gasteiger partial charge in [0.25, 0.3) is 5.91 Å². The summed E-state index contributed by atoms with van der Waals surface area (Å²) in [6, 6.07) is 12.1. The van der Waals surface area contributed by atoms with E-state index in [1.54, 1.807) is 7.11 Å². The molecule has 0 saturated carbocycles. The molecular formula is C21H26N2O2. The Kier molecular flexibility index (Phi) is 4.98. The van der Waals surface area contributed by atoms with Crippen molar-refractivity contribution >= 4 is 11.6 Å². The number of likely N-dealkylation sites (tertiary alicyclic amines) is 1. The number of aryl methyl sites for hydroxylation is 2. The number of rotatable bonds is 3. The van der Waals surface area contributed by atoms with Crippen molar-refractivity contribution in [3.05, 3.63) is 58.7 Å². The first kappa shape index (κ1) is 17.3. The Labute approximate surface area is 149 Å². The Morgan fingerprint density at radius 2 is 1.72 bits per heavy atom. The number of nitrogens with zero attached hydrogens (tertiary/aromatic N) is 1. The summed E-state index contributed by atoms with van der Waals surface area (Å²) >= 11 is 0. The van der Waals surface area contributed by atoms with Gasteiger partial charge in [-0.2, -0.15) is 0 Å². The first-order valence-corrected chi connectivity index (χ1v) is 8.79. The maximum Gasteiger partial charge on any atom is 0.254 e. The van der Waals surface area contributed by atoms with Crippen molar-refractivity contribution < 1.29 is 9.53 Å². The lowest BCUT2D eigenvalue weighted by Gasteiger charge is -2.32. The molecule has 0 aromatic heterocycles. The molecule has 1 heterocycles. The van der Waals surface area contributed by atoms with E-state index in [9.17, 15) is 4.79 Å². The molecule has 0 aliphatic carbocycles. The number of ether oxygens (including phenoxy) is 1. The fourth-order valence-corrected chi connectivity index (χ4v) is 3.56. The van der Waals surface area contributed by atoms with E-state index in [4.69, 9.17) is 10.5 Å². The smallest absolute Gasteiger partial charge is 0.254 e. The zero-order chi connectivity index (χ0) is 18.0. The molecule has 132 valence electrons. The number of hydrogen-bond donors (Lipinski definition) is 1. The summed E-state index contributed by atoms with van der Waals surface area (Å²) in [5.41, 5.74) is 10.7. The van der Waals surface area contributed by atoms with E-state index >= 15 is 0 Å². The number of anilines is 1. The quantitative estimate of drug-likeness (QED) is 0.863. The first-order chi connectivity index (χ1) is 12.0. The van der Waals surface area contributed by atoms with E-state index < -0.39 is 0 Å². The van der Waals surface area contributed by atoms with Gasteiger partial charge in [0, 0.05) is 24.3 Å². The summed E-state index contributed by atoms with van der Waals surface area (Å²) in [6.45, 7) is 5.51. The van der Waals surface area contributed by atoms with Crippen LogP contribution in [0.4, 0.5) is 5.69 Å². The van der Waals surface area contributed by atoms with E-state index in [0.29, 0.717) is 11.6 Å². The highest BCUT2D eigenvalue weighted by atomic mass is 16.5. The van der Waals surface area contributed by atoms with Crippen molar-refractivity contribution in [2.75, 3.05) is 25.9 Å². The van der Waals surface area contributed by atoms with Gasteiger partial charge in [0.05, 0.1) is 7.11 Å². The Hall–Kier alpha value is -2.49. The number of nitrogens with two attached hydrogens (primary N) is 1. The third-order valence-corrected chi connectivity index (χ3v) is 5.21. The molecule has 4 nitrogen and oxygen atoms in total. The van der Waals surface area contributed by atoms with E-state index in [-0.39, 0.29) is 5.91 Å². The monoisotopic (exact) mass is 338 g/mol. The van der Waals surface area contributed by atoms with Crippen molar-refractivity contribution in [2.45, 2.75) is 32.6 Å². The summed E-state index contributed by atoms with van der Waals surface area (Å²) in [7, 11) is 1.68. The average molecular weight is 338 g/mol. The van der Waals surface area contributed by atoms with Crippen LogP contribution in [-0.4, -0.2) is 31.0 Å². The van der Waals surface area contributed by atoms with Crippen LogP contribution in [0.5, 0.6) is 5.75 Å². The van der Waals surface area contributed by atoms with Gasteiger partial charge in [-0.25, -0.2) is 0 Å². The zero-order valence-corrected chi connectivity index (χ0v) is 15.2. The molecule has 0 spiro atoms. The standard InChI is InChI=1S/C21H26N2O2/c1-14-12-15(2)20(22)13-19(14)21(24)23-10-8-17(9-11-23)16-4-6-18(25-3)7-5-16/h4-7,12-13,17H,8-11,22H2,1-3H3. The number of hydrogen-bond acceptors (Lipinski definition) is 3. The van der Waals surface area contributed by atoms with Crippen LogP contribution in [0.1, 0.15) is 45.8 Å². The fourth-order valence-electron chi connectivity index (χ4n) is 3.56. The number of benzene rings is 2. The maximum atomic E-state index is 12.9. The summed E-state index contributed by atoms with van der Waals surface area (Å²) in [5.74, 6) is 1.47. The van der Waals surface area contributed by atoms with Crippen LogP contribution in [0.2, 0.25) is 0 Å². The highest BCUT2D eigenvalue weighted by Crippen LogP contribution is 2.30. The molecular weight excluding hydrogens is 312 g/mol. The van der Waals surface area contributed by atoms with Crippen LogP contribution in [0, 0.1) is 13.8 Å². The minimum Gasteiger partial charge on any atom is -0.497 e. The SMILES string of the molecule is COc1ccc(C2CCN(C(=O)c3cc(N)c(C)cc3C)CC2)cc1. The van der Waals surface area contributed by atoms with Gasteiger partial charge in [-0.05, 0) is 67.5 Å². The van der Waals surface area contributed by atoms with Crippen LogP contribution >= 0.6 is 0 Å². The molecule has 2 N–H and O–H groups in total. The number of piperidine rings is 1. The molecule has 1 aliphatic rings. The molecule has 0 radical (unpaired) electrons. The lowest BCUT2D eigenvalue weighted by Crippen LogP contribution is -2.38. The summed E-state index contributed by atoms with van der Waals surface area (Å²) < 4.78 is 5.22. The van der Waals surface area contributed by atoms with Gasteiger partial charge in [-0.3, -0.25) is 4.79 Å². The second-order valence-electron chi connectivity index (χ2n) is 6.86. The number of carbonyl (C=O) groups is 1. The van der Waals surface area contributed by atoms with Crippen LogP contribution in [-0.2, 0) is 0 Å². The fraction of sp³-hybridized carbons (Fsp3) is 0.381. The highest BCUT2D eigenvalue weighted by Gasteiger charge is 2.25. The summed E-state index contributed by atoms with van der Waals surface area (Å²) in [6.07, 6.45) is 1.97. The molecule has 1 aliphatic heterocycles. The van der Waals surface area contributed by atoms with E-state index in [0.717, 1.165) is 48.4 Å². The molecule has 1 saturated heterocycles. The normalized spacial score (nSPS) is 15.2. The van der Waals surface area contributed by atoms with Gasteiger partial charge in [0.1, 0.15) is 5.75 Å². The largest absolute Gasteiger partial charge is 0.497 e. The van der Waals surface area contributed by atoms with Crippen LogP contribution in [0.15, 0.2) is 36.4 Å². The minimum atomic E-state index is 0.0948. The van der Waals surface area contributed by atoms with E-state index in [1.165, 1.54) is 5.56 Å². The molecule has 4 heteroatoms. The molecule has 0 bridgehead atoms. The zero-order valence-electron chi connectivity index (χ0n) is 15.2. The van der Waals surface area contributed by atoms with Crippen LogP contribution < -0.4 is 10.5 Å². The molecule has 25 heavy (non-hydrogen) atoms. The van der Waals surface area contributed by atoms with Crippen LogP contribution in [0.3, 0.4) is 0 Å². The lowest BCUT2D eigenvalue weighted by atomic mass is 9.89. The maximum absolute atomic E-state index is 12.9. The van der Waals surface area contributed by atoms with Crippen molar-refractivity contribution in [3.8, 4) is 5.75 Å². The van der Waals surface area contributed by atoms with Crippen molar-refractivity contribution in [2.24, 2.45) is 0 Å². The van der Waals surface area contributed by atoms with Gasteiger partial charge >= 0.3 is 0 Å². The van der Waals surface area contributed by atoms with Crippen molar-refractivity contribution in [1.29, 1.82) is 0 Å². The number of nitrogen functional groups attached to an aromatic ring is 1. The van der Waals surface area contributed by atoms with Gasteiger partial charge in [-0.15, -0.1) is 0 Å². The van der Waals surface area contributed by atoms with Crippen LogP contribution in [0.25, 0.3) is 0 Å². The van der Waals surface area contributed by atoms with E-state index in [2.05, 4.69) is 12.1 Å². The van der Waals surface area contributed by atoms with Gasteiger partial charge in [0.2, 0.25) is 0 Å². The van der Waals surface area contributed by atoms with Crippen molar-refractivity contribution in [1.82, 2.24) is 4.90 Å². The molecule has 2 aromatic rings. The van der Waals surface area contributed by atoms with Gasteiger partial charge < -0.3 is 15.4 Å². The third-order valence-electron chi connectivity index (χ3n) is 5.21. The Morgan fingerprint density at radius 3 is 2.32 bits per heavy atom. The average Bonchev–Trinajstić information content (AvgIpc) is 2.64. The van der Waals surface area contributed by atoms with Gasteiger partial charge in [-0.1, -0.05) is 18.2 Å². The second-order valence-corrected chi connectivity index (χ2v) is 6.86. The third kappa shape index (κ3) is 3.63. The topological polar surface area (TPSA) is 55.6 Å². The Bertz CT molecular complexity index is 760. The minimum absolute atomic E-state index is 0.0948. The number of carbonyl (C=O) groups excluding carboxylic acids is 1. The summed E-state index contributed by atoms with van der Waals surface area (Å²) in [4.78, 5) is 14.8. The predicted octanol–water partition coefficient (Wildman–Crippen LogP) is 3.91. The second kappa shape index (κ2) is 7.18. The van der Waals surface area contributed by atoms with E-state index in [1.807, 2.05) is 43.0 Å².